The van der Waals surface area contributed by atoms with Crippen LogP contribution in [-0.2, 0) is 0 Å². The highest BCUT2D eigenvalue weighted by molar-refractivity contribution is 5.84. The Morgan fingerprint density at radius 1 is 1.29 bits per heavy atom. The number of aromatic nitrogens is 2. The molecule has 1 aromatic carbocycles. The minimum atomic E-state index is -1.67. The average molecular weight is 327 g/mol. The summed E-state index contributed by atoms with van der Waals surface area (Å²) >= 11 is 0. The van der Waals surface area contributed by atoms with Crippen molar-refractivity contribution in [3.63, 3.8) is 0 Å². The Balaban J connectivity index is 2.48. The molecule has 122 valence electrons. The summed E-state index contributed by atoms with van der Waals surface area (Å²) in [5.74, 6) is -0.770. The van der Waals surface area contributed by atoms with Gasteiger partial charge in [-0.1, -0.05) is 12.1 Å². The number of benzene rings is 1. The Morgan fingerprint density at radius 2 is 2.04 bits per heavy atom. The van der Waals surface area contributed by atoms with Crippen molar-refractivity contribution in [2.24, 2.45) is 0 Å². The number of carboxylic acid groups (broad SMARTS) is 1. The number of aromatic hydroxyl groups is 1. The molecule has 0 unspecified atom stereocenters. The second-order valence-corrected chi connectivity index (χ2v) is 5.09. The number of hydrogen-bond donors (Lipinski definition) is 3. The van der Waals surface area contributed by atoms with Crippen molar-refractivity contribution >= 4 is 17.5 Å². The normalized spacial score (nSPS) is 10.7. The lowest BCUT2D eigenvalue weighted by atomic mass is 10.1. The Hall–Kier alpha value is -3.55. The van der Waals surface area contributed by atoms with Gasteiger partial charge in [-0.15, -0.1) is 0 Å². The van der Waals surface area contributed by atoms with Gasteiger partial charge in [-0.05, 0) is 30.7 Å². The van der Waals surface area contributed by atoms with Gasteiger partial charge in [0, 0.05) is 11.9 Å². The largest absolute Gasteiger partial charge is 0.511 e. The van der Waals surface area contributed by atoms with E-state index in [1.54, 1.807) is 19.1 Å². The van der Waals surface area contributed by atoms with Crippen LogP contribution in [0, 0.1) is 6.92 Å². The molecule has 0 aliphatic rings. The molecule has 0 aliphatic carbocycles. The fraction of sp³-hybridized carbons (Fsp3) is 0.0625. The maximum absolute atomic E-state index is 12.6. The molecule has 0 amide bonds. The van der Waals surface area contributed by atoms with Gasteiger partial charge in [0.15, 0.2) is 0 Å². The summed E-state index contributed by atoms with van der Waals surface area (Å²) in [6.07, 6.45) is -0.221. The third-order valence-corrected chi connectivity index (χ3v) is 3.51. The summed E-state index contributed by atoms with van der Waals surface area (Å²) in [5, 5.41) is 19.0. The molecule has 0 aliphatic heterocycles. The summed E-state index contributed by atoms with van der Waals surface area (Å²) in [6, 6.07) is 7.76. The van der Waals surface area contributed by atoms with E-state index in [1.165, 1.54) is 28.8 Å². The van der Waals surface area contributed by atoms with E-state index < -0.39 is 17.5 Å². The predicted octanol–water partition coefficient (Wildman–Crippen LogP) is 2.01. The van der Waals surface area contributed by atoms with Crippen molar-refractivity contribution in [3.05, 3.63) is 52.4 Å². The second kappa shape index (κ2) is 5.58. The number of pyridine rings is 1. The van der Waals surface area contributed by atoms with E-state index >= 15 is 0 Å². The third-order valence-electron chi connectivity index (χ3n) is 3.51. The minimum absolute atomic E-state index is 0.0385. The summed E-state index contributed by atoms with van der Waals surface area (Å²) in [4.78, 5) is 27.9. The molecule has 8 nitrogen and oxygen atoms in total. The summed E-state index contributed by atoms with van der Waals surface area (Å²) in [6.45, 7) is 1.75. The first-order valence-corrected chi connectivity index (χ1v) is 6.90. The van der Waals surface area contributed by atoms with E-state index in [4.69, 9.17) is 10.8 Å². The minimum Gasteiger partial charge on any atom is -0.507 e. The molecule has 0 saturated carbocycles. The van der Waals surface area contributed by atoms with Crippen molar-refractivity contribution in [3.8, 4) is 22.8 Å². The van der Waals surface area contributed by atoms with Crippen molar-refractivity contribution in [1.29, 1.82) is 0 Å². The molecular weight excluding hydrogens is 314 g/mol. The van der Waals surface area contributed by atoms with Gasteiger partial charge in [-0.2, -0.15) is 0 Å². The highest BCUT2D eigenvalue weighted by Gasteiger charge is 2.23. The molecule has 0 saturated heterocycles. The SMILES string of the molecule is Cc1cccn2c(=O)c(OC(=O)O)c(-c3c(N)cccc3O)nc12. The quantitative estimate of drug-likeness (QED) is 0.485. The monoisotopic (exact) mass is 327 g/mol. The first kappa shape index (κ1) is 15.3. The smallest absolute Gasteiger partial charge is 0.507 e. The van der Waals surface area contributed by atoms with Crippen LogP contribution in [0.1, 0.15) is 5.56 Å². The Bertz CT molecular complexity index is 1010. The van der Waals surface area contributed by atoms with Gasteiger partial charge in [-0.3, -0.25) is 9.20 Å². The maximum atomic E-state index is 12.6. The summed E-state index contributed by atoms with van der Waals surface area (Å²) in [7, 11) is 0. The number of nitrogens with two attached hydrogens (primary N) is 1. The van der Waals surface area contributed by atoms with Crippen molar-refractivity contribution in [2.45, 2.75) is 6.92 Å². The summed E-state index contributed by atoms with van der Waals surface area (Å²) in [5.41, 5.74) is 6.19. The van der Waals surface area contributed by atoms with E-state index in [0.717, 1.165) is 0 Å². The molecule has 24 heavy (non-hydrogen) atoms. The Kier molecular flexibility index (Phi) is 3.57. The first-order valence-electron chi connectivity index (χ1n) is 6.90. The maximum Gasteiger partial charge on any atom is 0.511 e. The van der Waals surface area contributed by atoms with Crippen LogP contribution in [0.15, 0.2) is 41.3 Å². The molecule has 0 bridgehead atoms. The van der Waals surface area contributed by atoms with E-state index in [9.17, 15) is 14.7 Å². The first-order chi connectivity index (χ1) is 11.4. The lowest BCUT2D eigenvalue weighted by molar-refractivity contribution is 0.144. The Morgan fingerprint density at radius 3 is 2.71 bits per heavy atom. The molecule has 8 heteroatoms. The zero-order valence-electron chi connectivity index (χ0n) is 12.6. The van der Waals surface area contributed by atoms with Crippen molar-refractivity contribution < 1.29 is 19.7 Å². The van der Waals surface area contributed by atoms with Gasteiger partial charge in [-0.25, -0.2) is 9.78 Å². The van der Waals surface area contributed by atoms with Gasteiger partial charge in [0.2, 0.25) is 5.75 Å². The number of hydrogen-bond acceptors (Lipinski definition) is 6. The zero-order chi connectivity index (χ0) is 17.4. The van der Waals surface area contributed by atoms with Crippen LogP contribution in [-0.4, -0.2) is 25.8 Å². The van der Waals surface area contributed by atoms with E-state index in [0.29, 0.717) is 11.2 Å². The van der Waals surface area contributed by atoms with Gasteiger partial charge in [0.05, 0.1) is 5.56 Å². The topological polar surface area (TPSA) is 127 Å². The highest BCUT2D eigenvalue weighted by Crippen LogP contribution is 2.37. The van der Waals surface area contributed by atoms with Gasteiger partial charge < -0.3 is 20.7 Å². The molecule has 2 aromatic heterocycles. The van der Waals surface area contributed by atoms with Crippen LogP contribution in [0.25, 0.3) is 16.9 Å². The summed E-state index contributed by atoms with van der Waals surface area (Å²) < 4.78 is 5.82. The average Bonchev–Trinajstić information content (AvgIpc) is 2.51. The fourth-order valence-corrected chi connectivity index (χ4v) is 2.45. The molecular formula is C16H13N3O5. The van der Waals surface area contributed by atoms with Crippen LogP contribution in [0.5, 0.6) is 11.5 Å². The van der Waals surface area contributed by atoms with Crippen LogP contribution >= 0.6 is 0 Å². The van der Waals surface area contributed by atoms with Crippen LogP contribution in [0.4, 0.5) is 10.5 Å². The Labute approximate surface area is 135 Å². The van der Waals surface area contributed by atoms with Crippen LogP contribution in [0.3, 0.4) is 0 Å². The van der Waals surface area contributed by atoms with Gasteiger partial charge in [0.1, 0.15) is 17.1 Å². The third kappa shape index (κ3) is 2.39. The number of fused-ring (bicyclic) bond motifs is 1. The molecule has 3 aromatic rings. The molecule has 4 N–H and O–H groups in total. The molecule has 2 heterocycles. The van der Waals surface area contributed by atoms with Crippen LogP contribution in [0.2, 0.25) is 0 Å². The molecule has 0 spiro atoms. The standard InChI is InChI=1S/C16H13N3O5/c1-8-4-3-7-19-14(8)18-12(13(15(19)21)24-16(22)23)11-9(17)5-2-6-10(11)20/h2-7,20H,17H2,1H3,(H,22,23). The fourth-order valence-electron chi connectivity index (χ4n) is 2.45. The second-order valence-electron chi connectivity index (χ2n) is 5.09. The van der Waals surface area contributed by atoms with Crippen molar-refractivity contribution in [1.82, 2.24) is 9.38 Å². The number of rotatable bonds is 2. The molecule has 0 atom stereocenters. The highest BCUT2D eigenvalue weighted by atomic mass is 16.7. The number of ether oxygens (including phenoxy) is 1. The van der Waals surface area contributed by atoms with Gasteiger partial charge >= 0.3 is 11.7 Å². The van der Waals surface area contributed by atoms with Crippen molar-refractivity contribution in [2.75, 3.05) is 5.73 Å². The lowest BCUT2D eigenvalue weighted by Gasteiger charge is -2.13. The number of carbonyl (C=O) groups is 1. The predicted molar refractivity (Wildman–Crippen MR) is 86.4 cm³/mol. The molecule has 0 fully saturated rings. The zero-order valence-corrected chi connectivity index (χ0v) is 12.6. The van der Waals surface area contributed by atoms with Gasteiger partial charge in [0.25, 0.3) is 0 Å². The number of phenols is 1. The number of nitrogen functional groups attached to an aromatic ring is 1. The number of anilines is 1. The van der Waals surface area contributed by atoms with E-state index in [1.807, 2.05) is 0 Å². The lowest BCUT2D eigenvalue weighted by Crippen LogP contribution is -2.22. The number of nitrogens with zero attached hydrogens (tertiary/aromatic N) is 2. The molecule has 0 radical (unpaired) electrons. The number of phenolic OH excluding ortho intramolecular Hbond substituents is 1. The van der Waals surface area contributed by atoms with E-state index in [2.05, 4.69) is 9.72 Å². The number of aryl methyl sites for hydroxylation is 1. The molecule has 3 rings (SSSR count). The van der Waals surface area contributed by atoms with Crippen LogP contribution < -0.4 is 16.0 Å². The van der Waals surface area contributed by atoms with E-state index in [-0.39, 0.29) is 22.7 Å².